The molecule has 6 rings (SSSR count). The first-order valence-corrected chi connectivity index (χ1v) is 15.4. The Kier molecular flexibility index (Phi) is 8.13. The summed E-state index contributed by atoms with van der Waals surface area (Å²) in [5.74, 6) is -1.23. The predicted octanol–water partition coefficient (Wildman–Crippen LogP) is 7.30. The molecule has 5 aromatic rings. The molecule has 0 unspecified atom stereocenters. The highest BCUT2D eigenvalue weighted by Gasteiger charge is 2.62. The molecule has 2 amide bonds. The molecule has 0 spiro atoms. The molecule has 1 aliphatic heterocycles. The van der Waals surface area contributed by atoms with Gasteiger partial charge in [0.05, 0.1) is 12.3 Å². The van der Waals surface area contributed by atoms with Crippen molar-refractivity contribution in [1.82, 2.24) is 4.57 Å². The zero-order chi connectivity index (χ0) is 32.5. The lowest BCUT2D eigenvalue weighted by Gasteiger charge is -2.36. The van der Waals surface area contributed by atoms with E-state index in [-0.39, 0.29) is 6.61 Å². The van der Waals surface area contributed by atoms with E-state index in [4.69, 9.17) is 9.47 Å². The average Bonchev–Trinajstić information content (AvgIpc) is 3.53. The van der Waals surface area contributed by atoms with Gasteiger partial charge in [-0.3, -0.25) is 4.79 Å². The van der Waals surface area contributed by atoms with Crippen molar-refractivity contribution in [1.29, 1.82) is 0 Å². The summed E-state index contributed by atoms with van der Waals surface area (Å²) < 4.78 is 13.6. The second kappa shape index (κ2) is 12.2. The number of anilines is 2. The number of aromatic nitrogens is 1. The van der Waals surface area contributed by atoms with Gasteiger partial charge in [0.15, 0.2) is 0 Å². The number of fused-ring (bicyclic) bond motifs is 2. The molecule has 234 valence electrons. The lowest BCUT2D eigenvalue weighted by atomic mass is 9.69. The van der Waals surface area contributed by atoms with Crippen molar-refractivity contribution in [3.8, 4) is 0 Å². The molecule has 8 heteroatoms. The Bertz CT molecular complexity index is 1890. The van der Waals surface area contributed by atoms with Gasteiger partial charge < -0.3 is 19.4 Å². The second-order valence-corrected chi connectivity index (χ2v) is 12.3. The molecule has 2 heterocycles. The van der Waals surface area contributed by atoms with E-state index in [0.717, 1.165) is 21.4 Å². The van der Waals surface area contributed by atoms with Crippen LogP contribution < -0.4 is 10.2 Å². The number of nitrogens with one attached hydrogen (secondary N) is 1. The molecule has 2 atom stereocenters. The van der Waals surface area contributed by atoms with Crippen LogP contribution >= 0.6 is 0 Å². The topological polar surface area (TPSA) is 89.9 Å². The third kappa shape index (κ3) is 5.40. The van der Waals surface area contributed by atoms with Gasteiger partial charge in [-0.05, 0) is 63.1 Å². The minimum atomic E-state index is -1.73. The summed E-state index contributed by atoms with van der Waals surface area (Å²) in [6, 6.07) is 32.9. The molecule has 0 radical (unpaired) electrons. The number of amides is 2. The summed E-state index contributed by atoms with van der Waals surface area (Å²) >= 11 is 0. The molecule has 0 saturated heterocycles. The lowest BCUT2D eigenvalue weighted by Crippen LogP contribution is -2.57. The lowest BCUT2D eigenvalue weighted by molar-refractivity contribution is -0.147. The molecule has 46 heavy (non-hydrogen) atoms. The minimum Gasteiger partial charge on any atom is -0.464 e. The number of carbonyl (C=O) groups excluding carboxylic acids is 3. The Morgan fingerprint density at radius 1 is 0.826 bits per heavy atom. The largest absolute Gasteiger partial charge is 0.464 e. The number of imide groups is 1. The van der Waals surface area contributed by atoms with Gasteiger partial charge in [0, 0.05) is 34.9 Å². The fourth-order valence-corrected chi connectivity index (χ4v) is 6.33. The molecule has 0 saturated carbocycles. The van der Waals surface area contributed by atoms with E-state index in [1.54, 1.807) is 45.9 Å². The number of nitrogens with zero attached hydrogens (tertiary/aromatic N) is 2. The monoisotopic (exact) mass is 615 g/mol. The first-order valence-electron chi connectivity index (χ1n) is 15.4. The molecule has 0 aliphatic carbocycles. The molecule has 1 aromatic heterocycles. The Morgan fingerprint density at radius 2 is 1.46 bits per heavy atom. The van der Waals surface area contributed by atoms with Crippen LogP contribution in [0.3, 0.4) is 0 Å². The van der Waals surface area contributed by atoms with Crippen LogP contribution in [-0.2, 0) is 31.0 Å². The van der Waals surface area contributed by atoms with Gasteiger partial charge >= 0.3 is 12.1 Å². The molecule has 8 nitrogen and oxygen atoms in total. The average molecular weight is 616 g/mol. The van der Waals surface area contributed by atoms with Crippen LogP contribution in [0, 0.1) is 0 Å². The van der Waals surface area contributed by atoms with Gasteiger partial charge in [0.25, 0.3) is 5.91 Å². The highest BCUT2D eigenvalue weighted by Crippen LogP contribution is 2.52. The summed E-state index contributed by atoms with van der Waals surface area (Å²) in [6.07, 6.45) is 1.12. The first kappa shape index (κ1) is 30.6. The summed E-state index contributed by atoms with van der Waals surface area (Å²) in [7, 11) is 0. The van der Waals surface area contributed by atoms with Crippen molar-refractivity contribution in [3.05, 3.63) is 132 Å². The third-order valence-corrected chi connectivity index (χ3v) is 8.14. The van der Waals surface area contributed by atoms with E-state index in [9.17, 15) is 9.59 Å². The minimum absolute atomic E-state index is 0.100. The normalized spacial score (nSPS) is 16.6. The van der Waals surface area contributed by atoms with Crippen LogP contribution in [0.2, 0.25) is 0 Å². The van der Waals surface area contributed by atoms with Crippen molar-refractivity contribution in [2.24, 2.45) is 0 Å². The van der Waals surface area contributed by atoms with Crippen molar-refractivity contribution in [2.75, 3.05) is 16.8 Å². The molecule has 1 aliphatic rings. The van der Waals surface area contributed by atoms with E-state index < -0.39 is 35.0 Å². The Labute approximate surface area is 268 Å². The number of benzene rings is 4. The molecule has 0 fully saturated rings. The first-order chi connectivity index (χ1) is 22.1. The number of esters is 1. The number of hydrogen-bond acceptors (Lipinski definition) is 6. The molecule has 0 bridgehead atoms. The predicted molar refractivity (Wildman–Crippen MR) is 179 cm³/mol. The summed E-state index contributed by atoms with van der Waals surface area (Å²) in [4.78, 5) is 44.5. The van der Waals surface area contributed by atoms with Crippen molar-refractivity contribution < 1.29 is 23.9 Å². The maximum atomic E-state index is 15.3. The maximum absolute atomic E-state index is 15.3. The van der Waals surface area contributed by atoms with Gasteiger partial charge in [0.2, 0.25) is 0 Å². The summed E-state index contributed by atoms with van der Waals surface area (Å²) in [5.41, 5.74) is 1.40. The SMILES string of the molecule is CCOC(=O)[C@@H](Nc1ccccc1)[C@@]1(c2cn(Cc3ccccc3)c3ccccc23)C(=O)N(C(=O)OC(C)(C)C)c2ccccc21. The van der Waals surface area contributed by atoms with E-state index >= 15 is 4.79 Å². The second-order valence-electron chi connectivity index (χ2n) is 12.3. The number of ether oxygens (including phenoxy) is 2. The van der Waals surface area contributed by atoms with Crippen molar-refractivity contribution >= 4 is 40.2 Å². The Morgan fingerprint density at radius 3 is 2.15 bits per heavy atom. The Balaban J connectivity index is 1.67. The molecule has 1 N–H and O–H groups in total. The molecular formula is C38H37N3O5. The van der Waals surface area contributed by atoms with E-state index in [2.05, 4.69) is 9.88 Å². The highest BCUT2D eigenvalue weighted by molar-refractivity contribution is 6.25. The maximum Gasteiger partial charge on any atom is 0.421 e. The summed E-state index contributed by atoms with van der Waals surface area (Å²) in [5, 5.41) is 4.14. The van der Waals surface area contributed by atoms with Gasteiger partial charge in [0.1, 0.15) is 17.1 Å². The van der Waals surface area contributed by atoms with Crippen LogP contribution in [0.4, 0.5) is 16.2 Å². The van der Waals surface area contributed by atoms with E-state index in [1.807, 2.05) is 97.2 Å². The zero-order valence-electron chi connectivity index (χ0n) is 26.4. The van der Waals surface area contributed by atoms with Crippen LogP contribution in [0.1, 0.15) is 44.4 Å². The zero-order valence-corrected chi connectivity index (χ0v) is 26.4. The number of para-hydroxylation sites is 3. The van der Waals surface area contributed by atoms with E-state index in [1.165, 1.54) is 0 Å². The van der Waals surface area contributed by atoms with Crippen LogP contribution in [0.15, 0.2) is 115 Å². The van der Waals surface area contributed by atoms with Gasteiger partial charge in [-0.2, -0.15) is 0 Å². The van der Waals surface area contributed by atoms with Gasteiger partial charge in [-0.1, -0.05) is 84.9 Å². The van der Waals surface area contributed by atoms with Crippen LogP contribution in [0.5, 0.6) is 0 Å². The smallest absolute Gasteiger partial charge is 0.421 e. The highest BCUT2D eigenvalue weighted by atomic mass is 16.6. The molecule has 4 aromatic carbocycles. The van der Waals surface area contributed by atoms with Gasteiger partial charge in [-0.25, -0.2) is 14.5 Å². The number of hydrogen-bond donors (Lipinski definition) is 1. The van der Waals surface area contributed by atoms with E-state index in [0.29, 0.717) is 29.0 Å². The fraction of sp³-hybridized carbons (Fsp3) is 0.237. The van der Waals surface area contributed by atoms with Gasteiger partial charge in [-0.15, -0.1) is 0 Å². The quantitative estimate of drug-likeness (QED) is 0.184. The van der Waals surface area contributed by atoms with Crippen LogP contribution in [0.25, 0.3) is 10.9 Å². The fourth-order valence-electron chi connectivity index (χ4n) is 6.33. The van der Waals surface area contributed by atoms with Crippen molar-refractivity contribution in [3.63, 3.8) is 0 Å². The summed E-state index contributed by atoms with van der Waals surface area (Å²) in [6.45, 7) is 7.61. The Hall–Kier alpha value is -5.37. The standard InChI is InChI=1S/C38H37N3O5/c1-5-45-34(42)33(39-27-18-10-7-11-19-27)38(29-21-13-15-23-32(29)41(35(38)43)36(44)46-37(2,3)4)30-25-40(24-26-16-8-6-9-17-26)31-22-14-12-20-28(30)31/h6-23,25,33,39H,5,24H2,1-4H3/t33-,38-/m1/s1. The third-order valence-electron chi connectivity index (χ3n) is 8.14. The number of rotatable bonds is 8. The van der Waals surface area contributed by atoms with Crippen molar-refractivity contribution in [2.45, 2.75) is 51.3 Å². The number of carbonyl (C=O) groups is 3. The van der Waals surface area contributed by atoms with Crippen LogP contribution in [-0.4, -0.2) is 40.8 Å². The molecular weight excluding hydrogens is 578 g/mol.